The van der Waals surface area contributed by atoms with Crippen molar-refractivity contribution in [3.63, 3.8) is 0 Å². The highest BCUT2D eigenvalue weighted by molar-refractivity contribution is 8.00. The number of sulfone groups is 1. The summed E-state index contributed by atoms with van der Waals surface area (Å²) < 4.78 is 26.2. The fourth-order valence-electron chi connectivity index (χ4n) is 5.48. The minimum absolute atomic E-state index is 0.0620. The Bertz CT molecular complexity index is 1440. The highest BCUT2D eigenvalue weighted by atomic mass is 35.5. The van der Waals surface area contributed by atoms with Gasteiger partial charge in [0, 0.05) is 68.2 Å². The molecule has 204 valence electrons. The summed E-state index contributed by atoms with van der Waals surface area (Å²) in [4.78, 5) is 18.4. The molecule has 5 rings (SSSR count). The van der Waals surface area contributed by atoms with Crippen molar-refractivity contribution in [2.75, 3.05) is 50.4 Å². The van der Waals surface area contributed by atoms with Crippen molar-refractivity contribution >= 4 is 49.5 Å². The van der Waals surface area contributed by atoms with Crippen LogP contribution in [-0.2, 0) is 14.6 Å². The number of anilines is 1. The third kappa shape index (κ3) is 6.17. The molecule has 6 nitrogen and oxygen atoms in total. The zero-order chi connectivity index (χ0) is 27.7. The van der Waals surface area contributed by atoms with Crippen LogP contribution in [0.15, 0.2) is 78.4 Å². The summed E-state index contributed by atoms with van der Waals surface area (Å²) >= 11 is 12.3. The van der Waals surface area contributed by atoms with Crippen molar-refractivity contribution in [1.82, 2.24) is 9.80 Å². The molecule has 9 heteroatoms. The molecule has 1 amide bonds. The first-order chi connectivity index (χ1) is 18.6. The SMILES string of the molecule is CC(=O)N1CCN(c2cccc(C(=C3CN(C(c4ccc(Cl)cc4)c4ccc(Cl)cc4)C3)S(C)(=O)=O)c2)CC1. The number of piperazine rings is 1. The predicted molar refractivity (Wildman–Crippen MR) is 159 cm³/mol. The second-order valence-electron chi connectivity index (χ2n) is 10.2. The number of hydrogen-bond acceptors (Lipinski definition) is 5. The summed E-state index contributed by atoms with van der Waals surface area (Å²) in [5.74, 6) is 0.0811. The van der Waals surface area contributed by atoms with Crippen molar-refractivity contribution < 1.29 is 13.2 Å². The number of carbonyl (C=O) groups is 1. The zero-order valence-electron chi connectivity index (χ0n) is 22.0. The van der Waals surface area contributed by atoms with Crippen LogP contribution >= 0.6 is 23.2 Å². The van der Waals surface area contributed by atoms with E-state index in [1.54, 1.807) is 6.92 Å². The Morgan fingerprint density at radius 3 is 1.85 bits per heavy atom. The van der Waals surface area contributed by atoms with Crippen LogP contribution < -0.4 is 4.90 Å². The van der Waals surface area contributed by atoms with Crippen LogP contribution in [0.25, 0.3) is 4.91 Å². The maximum atomic E-state index is 13.1. The van der Waals surface area contributed by atoms with Gasteiger partial charge in [0.1, 0.15) is 0 Å². The smallest absolute Gasteiger partial charge is 0.219 e. The molecule has 3 aromatic rings. The van der Waals surface area contributed by atoms with E-state index in [1.807, 2.05) is 77.7 Å². The summed E-state index contributed by atoms with van der Waals surface area (Å²) in [6, 6.07) is 23.2. The van der Waals surface area contributed by atoms with Gasteiger partial charge in [-0.15, -0.1) is 0 Å². The molecule has 0 unspecified atom stereocenters. The first-order valence-electron chi connectivity index (χ1n) is 12.9. The van der Waals surface area contributed by atoms with Crippen LogP contribution in [0.3, 0.4) is 0 Å². The quantitative estimate of drug-likeness (QED) is 0.382. The van der Waals surface area contributed by atoms with E-state index in [2.05, 4.69) is 9.80 Å². The summed E-state index contributed by atoms with van der Waals surface area (Å²) in [5.41, 5.74) is 4.72. The van der Waals surface area contributed by atoms with E-state index in [-0.39, 0.29) is 11.9 Å². The van der Waals surface area contributed by atoms with Crippen LogP contribution in [0.5, 0.6) is 0 Å². The lowest BCUT2D eigenvalue weighted by Gasteiger charge is -2.42. The van der Waals surface area contributed by atoms with Crippen LogP contribution in [0.4, 0.5) is 5.69 Å². The molecule has 0 aliphatic carbocycles. The molecule has 0 bridgehead atoms. The Hall–Kier alpha value is -2.84. The van der Waals surface area contributed by atoms with Gasteiger partial charge in [-0.2, -0.15) is 0 Å². The van der Waals surface area contributed by atoms with E-state index in [9.17, 15) is 13.2 Å². The topological polar surface area (TPSA) is 60.9 Å². The Balaban J connectivity index is 1.44. The zero-order valence-corrected chi connectivity index (χ0v) is 24.3. The number of rotatable bonds is 6. The average molecular weight is 585 g/mol. The number of benzene rings is 3. The van der Waals surface area contributed by atoms with Gasteiger partial charge in [-0.1, -0.05) is 59.6 Å². The van der Waals surface area contributed by atoms with Gasteiger partial charge in [0.15, 0.2) is 9.84 Å². The third-order valence-electron chi connectivity index (χ3n) is 7.41. The first kappa shape index (κ1) is 27.7. The monoisotopic (exact) mass is 583 g/mol. The number of nitrogens with zero attached hydrogens (tertiary/aromatic N) is 3. The standard InChI is InChI=1S/C30H31Cl2N3O3S/c1-21(36)33-14-16-34(17-15-33)28-5-3-4-24(18-28)30(39(2,37)38)25-19-35(20-25)29(22-6-10-26(31)11-7-22)23-8-12-27(32)13-9-23/h3-13,18,29H,14-17,19-20H2,1-2H3. The van der Waals surface area contributed by atoms with E-state index < -0.39 is 9.84 Å². The highest BCUT2D eigenvalue weighted by Crippen LogP contribution is 2.39. The van der Waals surface area contributed by atoms with E-state index in [0.717, 1.165) is 22.4 Å². The second-order valence-corrected chi connectivity index (χ2v) is 13.0. The maximum absolute atomic E-state index is 13.1. The number of hydrogen-bond donors (Lipinski definition) is 0. The normalized spacial score (nSPS) is 16.4. The molecule has 0 aromatic heterocycles. The average Bonchev–Trinajstić information content (AvgIpc) is 2.88. The van der Waals surface area contributed by atoms with Gasteiger partial charge in [0.05, 0.1) is 10.9 Å². The molecule has 0 N–H and O–H groups in total. The van der Waals surface area contributed by atoms with Crippen LogP contribution in [0.2, 0.25) is 10.0 Å². The summed E-state index contributed by atoms with van der Waals surface area (Å²) in [6.07, 6.45) is 1.28. The molecular formula is C30H31Cl2N3O3S. The summed E-state index contributed by atoms with van der Waals surface area (Å²) in [7, 11) is -3.49. The number of halogens is 2. The van der Waals surface area contributed by atoms with Crippen LogP contribution in [-0.4, -0.2) is 69.6 Å². The molecule has 0 saturated carbocycles. The lowest BCUT2D eigenvalue weighted by atomic mass is 9.92. The van der Waals surface area contributed by atoms with Gasteiger partial charge in [0.25, 0.3) is 0 Å². The fraction of sp³-hybridized carbons (Fsp3) is 0.300. The molecular weight excluding hydrogens is 553 g/mol. The molecule has 2 saturated heterocycles. The molecule has 2 aliphatic rings. The molecule has 2 aliphatic heterocycles. The third-order valence-corrected chi connectivity index (χ3v) is 9.18. The highest BCUT2D eigenvalue weighted by Gasteiger charge is 2.35. The largest absolute Gasteiger partial charge is 0.368 e. The van der Waals surface area contributed by atoms with Gasteiger partial charge < -0.3 is 9.80 Å². The van der Waals surface area contributed by atoms with Crippen molar-refractivity contribution in [3.05, 3.63) is 105 Å². The van der Waals surface area contributed by atoms with Crippen molar-refractivity contribution in [1.29, 1.82) is 0 Å². The maximum Gasteiger partial charge on any atom is 0.219 e. The van der Waals surface area contributed by atoms with Crippen molar-refractivity contribution in [2.45, 2.75) is 13.0 Å². The van der Waals surface area contributed by atoms with Crippen molar-refractivity contribution in [3.8, 4) is 0 Å². The lowest BCUT2D eigenvalue weighted by molar-refractivity contribution is -0.129. The van der Waals surface area contributed by atoms with Gasteiger partial charge in [0.2, 0.25) is 5.91 Å². The van der Waals surface area contributed by atoms with Crippen LogP contribution in [0.1, 0.15) is 29.7 Å². The van der Waals surface area contributed by atoms with E-state index in [0.29, 0.717) is 59.8 Å². The molecule has 3 aromatic carbocycles. The summed E-state index contributed by atoms with van der Waals surface area (Å²) in [6.45, 7) is 5.39. The number of carbonyl (C=O) groups excluding carboxylic acids is 1. The minimum Gasteiger partial charge on any atom is -0.368 e. The Labute approximate surface area is 240 Å². The van der Waals surface area contributed by atoms with Gasteiger partial charge in [-0.05, 0) is 58.7 Å². The molecule has 0 spiro atoms. The van der Waals surface area contributed by atoms with E-state index >= 15 is 0 Å². The van der Waals surface area contributed by atoms with E-state index in [4.69, 9.17) is 23.2 Å². The van der Waals surface area contributed by atoms with E-state index in [1.165, 1.54) is 6.26 Å². The molecule has 2 heterocycles. The number of likely N-dealkylation sites (tertiary alicyclic amines) is 1. The predicted octanol–water partition coefficient (Wildman–Crippen LogP) is 5.52. The van der Waals surface area contributed by atoms with Gasteiger partial charge in [-0.25, -0.2) is 8.42 Å². The molecule has 0 radical (unpaired) electrons. The Kier molecular flexibility index (Phi) is 8.06. The fourth-order valence-corrected chi connectivity index (χ4v) is 6.94. The van der Waals surface area contributed by atoms with Gasteiger partial charge in [-0.3, -0.25) is 9.69 Å². The van der Waals surface area contributed by atoms with Crippen LogP contribution in [0, 0.1) is 0 Å². The molecule has 39 heavy (non-hydrogen) atoms. The van der Waals surface area contributed by atoms with Crippen molar-refractivity contribution in [2.24, 2.45) is 0 Å². The Morgan fingerprint density at radius 2 is 1.36 bits per heavy atom. The second kappa shape index (κ2) is 11.3. The van der Waals surface area contributed by atoms with Gasteiger partial charge >= 0.3 is 0 Å². The molecule has 2 fully saturated rings. The first-order valence-corrected chi connectivity index (χ1v) is 15.5. The Morgan fingerprint density at radius 1 is 0.821 bits per heavy atom. The lowest BCUT2D eigenvalue weighted by Crippen LogP contribution is -2.48. The molecule has 0 atom stereocenters. The number of amides is 1. The summed E-state index contributed by atoms with van der Waals surface area (Å²) in [5, 5.41) is 1.33. The minimum atomic E-state index is -3.49.